The van der Waals surface area contributed by atoms with Crippen LogP contribution in [0.4, 0.5) is 28.4 Å². The maximum Gasteiger partial charge on any atom is 0.180 e. The van der Waals surface area contributed by atoms with Crippen LogP contribution in [0.15, 0.2) is 97.0 Å². The third kappa shape index (κ3) is 5.65. The van der Waals surface area contributed by atoms with Crippen molar-refractivity contribution in [1.82, 2.24) is 0 Å². The Labute approximate surface area is 231 Å². The number of hydrogen-bond acceptors (Lipinski definition) is 11. The molecule has 40 heavy (non-hydrogen) atoms. The average Bonchev–Trinajstić information content (AvgIpc) is 2.96. The Morgan fingerprint density at radius 1 is 0.700 bits per heavy atom. The minimum atomic E-state index is -3.53. The number of phenols is 2. The Balaban J connectivity index is 1.75. The fourth-order valence-electron chi connectivity index (χ4n) is 3.87. The highest BCUT2D eigenvalue weighted by molar-refractivity contribution is 7.91. The molecule has 0 aliphatic heterocycles. The summed E-state index contributed by atoms with van der Waals surface area (Å²) in [4.78, 5) is 0.0403. The minimum absolute atomic E-state index is 0.0234. The maximum absolute atomic E-state index is 12.5. The van der Waals surface area contributed by atoms with Gasteiger partial charge < -0.3 is 15.5 Å². The zero-order chi connectivity index (χ0) is 29.1. The van der Waals surface area contributed by atoms with Crippen LogP contribution in [0.3, 0.4) is 0 Å². The Morgan fingerprint density at radius 2 is 1.32 bits per heavy atom. The number of hydrogen-bond donors (Lipinski definition) is 3. The van der Waals surface area contributed by atoms with E-state index in [0.717, 1.165) is 6.07 Å². The first kappa shape index (κ1) is 28.6. The van der Waals surface area contributed by atoms with Crippen LogP contribution in [0.2, 0.25) is 0 Å². The molecule has 0 bridgehead atoms. The van der Waals surface area contributed by atoms with E-state index < -0.39 is 19.7 Å². The second-order valence-electron chi connectivity index (χ2n) is 8.57. The highest BCUT2D eigenvalue weighted by Crippen LogP contribution is 2.43. The van der Waals surface area contributed by atoms with Gasteiger partial charge in [-0.1, -0.05) is 26.0 Å². The summed E-state index contributed by atoms with van der Waals surface area (Å²) in [6.07, 6.45) is 0. The first-order valence-electron chi connectivity index (χ1n) is 12.2. The number of aromatic hydroxyl groups is 2. The number of nitrogens with zero attached hydrogens (tertiary/aromatic N) is 4. The third-order valence-electron chi connectivity index (χ3n) is 6.18. The number of azo groups is 2. The van der Waals surface area contributed by atoms with E-state index in [-0.39, 0.29) is 49.9 Å². The zero-order valence-corrected chi connectivity index (χ0v) is 23.5. The summed E-state index contributed by atoms with van der Waals surface area (Å²) >= 11 is 0. The summed E-state index contributed by atoms with van der Waals surface area (Å²) in [5.41, 5.74) is 1.27. The summed E-state index contributed by atoms with van der Waals surface area (Å²) in [6, 6.07) is 16.6. The van der Waals surface area contributed by atoms with Crippen LogP contribution in [-0.2, 0) is 19.7 Å². The van der Waals surface area contributed by atoms with E-state index in [4.69, 9.17) is 0 Å². The van der Waals surface area contributed by atoms with E-state index >= 15 is 0 Å². The van der Waals surface area contributed by atoms with Gasteiger partial charge in [-0.2, -0.15) is 0 Å². The SMILES string of the molecule is CCS(=O)(=O)c1ccc(N=Nc2ccc3c(N=Nc4ccccc4S(=O)(=O)CC)c(NC)ccc3c2O)c(O)c1. The molecule has 0 spiro atoms. The quantitative estimate of drug-likeness (QED) is 0.184. The Hall–Kier alpha value is -4.36. The lowest BCUT2D eigenvalue weighted by Gasteiger charge is -2.11. The van der Waals surface area contributed by atoms with Crippen molar-refractivity contribution in [3.05, 3.63) is 66.7 Å². The first-order valence-corrected chi connectivity index (χ1v) is 15.5. The van der Waals surface area contributed by atoms with Crippen LogP contribution in [0.1, 0.15) is 13.8 Å². The van der Waals surface area contributed by atoms with Crippen molar-refractivity contribution in [3.8, 4) is 11.5 Å². The largest absolute Gasteiger partial charge is 0.506 e. The Morgan fingerprint density at radius 3 is 2.00 bits per heavy atom. The van der Waals surface area contributed by atoms with Crippen molar-refractivity contribution in [2.75, 3.05) is 23.9 Å². The molecule has 0 unspecified atom stereocenters. The lowest BCUT2D eigenvalue weighted by atomic mass is 10.1. The molecule has 4 aromatic carbocycles. The summed E-state index contributed by atoms with van der Waals surface area (Å²) in [5.74, 6) is -0.774. The van der Waals surface area contributed by atoms with E-state index in [2.05, 4.69) is 25.8 Å². The normalized spacial score (nSPS) is 12.5. The van der Waals surface area contributed by atoms with Gasteiger partial charge in [0.2, 0.25) is 0 Å². The monoisotopic (exact) mass is 581 g/mol. The highest BCUT2D eigenvalue weighted by atomic mass is 32.2. The van der Waals surface area contributed by atoms with Gasteiger partial charge in [0, 0.05) is 23.9 Å². The van der Waals surface area contributed by atoms with Gasteiger partial charge in [-0.3, -0.25) is 0 Å². The number of fused-ring (bicyclic) bond motifs is 1. The van der Waals surface area contributed by atoms with Crippen molar-refractivity contribution in [2.24, 2.45) is 20.5 Å². The average molecular weight is 582 g/mol. The molecule has 4 rings (SSSR count). The van der Waals surface area contributed by atoms with Crippen LogP contribution < -0.4 is 5.32 Å². The van der Waals surface area contributed by atoms with Crippen molar-refractivity contribution in [3.63, 3.8) is 0 Å². The van der Waals surface area contributed by atoms with Crippen molar-refractivity contribution in [2.45, 2.75) is 23.6 Å². The molecule has 0 heterocycles. The molecule has 0 amide bonds. The molecular weight excluding hydrogens is 554 g/mol. The van der Waals surface area contributed by atoms with Crippen molar-refractivity contribution < 1.29 is 27.0 Å². The molecule has 208 valence electrons. The molecule has 0 saturated heterocycles. The molecule has 4 aromatic rings. The van der Waals surface area contributed by atoms with Gasteiger partial charge in [0.05, 0.1) is 27.0 Å². The summed E-state index contributed by atoms with van der Waals surface area (Å²) in [7, 11) is -5.33. The first-order chi connectivity index (χ1) is 19.0. The number of phenolic OH excluding ortho intramolecular Hbond substituents is 2. The molecule has 0 aromatic heterocycles. The van der Waals surface area contributed by atoms with Gasteiger partial charge >= 0.3 is 0 Å². The van der Waals surface area contributed by atoms with Gasteiger partial charge in [-0.25, -0.2) is 16.8 Å². The lowest BCUT2D eigenvalue weighted by molar-refractivity contribution is 0.473. The molecule has 11 nitrogen and oxygen atoms in total. The zero-order valence-electron chi connectivity index (χ0n) is 21.9. The maximum atomic E-state index is 12.5. The molecule has 13 heteroatoms. The van der Waals surface area contributed by atoms with Crippen LogP contribution in [0.25, 0.3) is 10.8 Å². The predicted molar refractivity (Wildman–Crippen MR) is 154 cm³/mol. The standard InChI is InChI=1S/C27H27N5O6S2/c1-4-39(35,36)17-10-13-20(24(33)16-17)29-31-23-15-11-18-19(27(23)34)12-14-22(28-3)26(18)32-30-21-8-6-7-9-25(21)40(37,38)5-2/h6-16,28,33-34H,4-5H2,1-3H3. The minimum Gasteiger partial charge on any atom is -0.506 e. The van der Waals surface area contributed by atoms with Crippen LogP contribution in [-0.4, -0.2) is 45.6 Å². The van der Waals surface area contributed by atoms with Crippen LogP contribution in [0.5, 0.6) is 11.5 Å². The molecule has 0 atom stereocenters. The number of anilines is 1. The Kier molecular flexibility index (Phi) is 8.16. The van der Waals surface area contributed by atoms with Gasteiger partial charge in [0.25, 0.3) is 0 Å². The molecular formula is C27H27N5O6S2. The summed E-state index contributed by atoms with van der Waals surface area (Å²) in [5, 5.41) is 41.7. The van der Waals surface area contributed by atoms with Crippen molar-refractivity contribution >= 4 is 58.9 Å². The number of rotatable bonds is 9. The van der Waals surface area contributed by atoms with Crippen LogP contribution >= 0.6 is 0 Å². The third-order valence-corrected chi connectivity index (χ3v) is 9.69. The lowest BCUT2D eigenvalue weighted by Crippen LogP contribution is -2.03. The fraction of sp³-hybridized carbons (Fsp3) is 0.185. The fourth-order valence-corrected chi connectivity index (χ4v) is 5.79. The van der Waals surface area contributed by atoms with E-state index in [1.165, 1.54) is 31.2 Å². The second-order valence-corrected chi connectivity index (χ2v) is 13.1. The van der Waals surface area contributed by atoms with Crippen LogP contribution in [0, 0.1) is 0 Å². The number of sulfone groups is 2. The van der Waals surface area contributed by atoms with E-state index in [9.17, 15) is 27.0 Å². The summed E-state index contributed by atoms with van der Waals surface area (Å²) in [6.45, 7) is 3.06. The second kappa shape index (κ2) is 11.4. The topological polar surface area (TPSA) is 170 Å². The van der Waals surface area contributed by atoms with Gasteiger partial charge in [-0.15, -0.1) is 20.5 Å². The van der Waals surface area contributed by atoms with Gasteiger partial charge in [0.15, 0.2) is 25.4 Å². The Bertz CT molecular complexity index is 1870. The molecule has 0 aliphatic carbocycles. The molecule has 0 aliphatic rings. The molecule has 0 radical (unpaired) electrons. The van der Waals surface area contributed by atoms with Crippen molar-refractivity contribution in [1.29, 1.82) is 0 Å². The molecule has 3 N–H and O–H groups in total. The highest BCUT2D eigenvalue weighted by Gasteiger charge is 2.18. The van der Waals surface area contributed by atoms with Gasteiger partial charge in [0.1, 0.15) is 28.5 Å². The molecule has 0 saturated carbocycles. The predicted octanol–water partition coefficient (Wildman–Crippen LogP) is 6.71. The smallest absolute Gasteiger partial charge is 0.180 e. The van der Waals surface area contributed by atoms with E-state index in [0.29, 0.717) is 22.1 Å². The number of benzene rings is 4. The summed E-state index contributed by atoms with van der Waals surface area (Å²) < 4.78 is 49.1. The number of nitrogens with one attached hydrogen (secondary N) is 1. The van der Waals surface area contributed by atoms with E-state index in [1.54, 1.807) is 50.4 Å². The van der Waals surface area contributed by atoms with Gasteiger partial charge in [-0.05, 0) is 48.5 Å². The molecule has 0 fully saturated rings. The van der Waals surface area contributed by atoms with E-state index in [1.807, 2.05) is 0 Å².